The Labute approximate surface area is 176 Å². The minimum absolute atomic E-state index is 0.547. The zero-order valence-corrected chi connectivity index (χ0v) is 17.1. The SMILES string of the molecule is CN(C)c1ccc(Nc2nc(NCc3ccncc3)cc(-c3ccccc3)n2)cc1. The normalized spacial score (nSPS) is 10.5. The van der Waals surface area contributed by atoms with Crippen LogP contribution in [0.25, 0.3) is 11.3 Å². The second kappa shape index (κ2) is 9.05. The van der Waals surface area contributed by atoms with Crippen molar-refractivity contribution in [1.29, 1.82) is 0 Å². The average Bonchev–Trinajstić information content (AvgIpc) is 2.79. The molecule has 0 aliphatic carbocycles. The van der Waals surface area contributed by atoms with E-state index in [1.165, 1.54) is 0 Å². The van der Waals surface area contributed by atoms with Crippen LogP contribution in [0.4, 0.5) is 23.1 Å². The number of nitrogens with one attached hydrogen (secondary N) is 2. The number of nitrogens with zero attached hydrogens (tertiary/aromatic N) is 4. The van der Waals surface area contributed by atoms with Gasteiger partial charge in [-0.2, -0.15) is 4.98 Å². The molecule has 2 heterocycles. The summed E-state index contributed by atoms with van der Waals surface area (Å²) in [6, 6.07) is 24.2. The molecule has 0 amide bonds. The summed E-state index contributed by atoms with van der Waals surface area (Å²) in [7, 11) is 4.05. The number of aromatic nitrogens is 3. The van der Waals surface area contributed by atoms with Gasteiger partial charge in [0.15, 0.2) is 0 Å². The molecule has 6 nitrogen and oxygen atoms in total. The molecule has 0 saturated heterocycles. The third-order valence-electron chi connectivity index (χ3n) is 4.66. The first-order valence-electron chi connectivity index (χ1n) is 9.79. The van der Waals surface area contributed by atoms with Gasteiger partial charge in [-0.25, -0.2) is 4.98 Å². The van der Waals surface area contributed by atoms with Gasteiger partial charge in [0.2, 0.25) is 5.95 Å². The Kier molecular flexibility index (Phi) is 5.85. The molecule has 2 aromatic carbocycles. The molecule has 0 unspecified atom stereocenters. The topological polar surface area (TPSA) is 66.0 Å². The fourth-order valence-corrected chi connectivity index (χ4v) is 3.02. The summed E-state index contributed by atoms with van der Waals surface area (Å²) in [5, 5.41) is 6.72. The van der Waals surface area contributed by atoms with E-state index in [9.17, 15) is 0 Å². The van der Waals surface area contributed by atoms with Gasteiger partial charge in [-0.05, 0) is 42.0 Å². The Morgan fingerprint density at radius 3 is 2.27 bits per heavy atom. The Morgan fingerprint density at radius 1 is 0.833 bits per heavy atom. The highest BCUT2D eigenvalue weighted by atomic mass is 15.1. The molecule has 0 atom stereocenters. The summed E-state index contributed by atoms with van der Waals surface area (Å²) in [6.07, 6.45) is 3.58. The van der Waals surface area contributed by atoms with Gasteiger partial charge in [-0.3, -0.25) is 4.98 Å². The molecule has 2 aromatic heterocycles. The van der Waals surface area contributed by atoms with E-state index in [0.29, 0.717) is 12.5 Å². The van der Waals surface area contributed by atoms with E-state index in [-0.39, 0.29) is 0 Å². The highest BCUT2D eigenvalue weighted by molar-refractivity contribution is 5.66. The molecule has 0 aliphatic heterocycles. The summed E-state index contributed by atoms with van der Waals surface area (Å²) < 4.78 is 0. The van der Waals surface area contributed by atoms with Crippen molar-refractivity contribution in [1.82, 2.24) is 15.0 Å². The molecule has 0 aliphatic rings. The van der Waals surface area contributed by atoms with Crippen molar-refractivity contribution in [2.24, 2.45) is 0 Å². The van der Waals surface area contributed by atoms with E-state index in [4.69, 9.17) is 4.98 Å². The first-order valence-corrected chi connectivity index (χ1v) is 9.79. The largest absolute Gasteiger partial charge is 0.378 e. The predicted molar refractivity (Wildman–Crippen MR) is 123 cm³/mol. The first-order chi connectivity index (χ1) is 14.7. The summed E-state index contributed by atoms with van der Waals surface area (Å²) in [5.74, 6) is 1.30. The van der Waals surface area contributed by atoms with Crippen molar-refractivity contribution >= 4 is 23.1 Å². The fourth-order valence-electron chi connectivity index (χ4n) is 3.02. The van der Waals surface area contributed by atoms with Crippen LogP contribution >= 0.6 is 0 Å². The second-order valence-corrected chi connectivity index (χ2v) is 7.10. The third kappa shape index (κ3) is 4.91. The molecule has 0 fully saturated rings. The zero-order valence-electron chi connectivity index (χ0n) is 17.1. The Morgan fingerprint density at radius 2 is 1.57 bits per heavy atom. The summed E-state index contributed by atoms with van der Waals surface area (Å²) in [4.78, 5) is 15.5. The highest BCUT2D eigenvalue weighted by Gasteiger charge is 2.08. The number of hydrogen-bond donors (Lipinski definition) is 2. The van der Waals surface area contributed by atoms with E-state index in [0.717, 1.165) is 34.0 Å². The maximum atomic E-state index is 4.73. The molecule has 2 N–H and O–H groups in total. The quantitative estimate of drug-likeness (QED) is 0.460. The molecule has 0 bridgehead atoms. The Hall–Kier alpha value is -3.93. The lowest BCUT2D eigenvalue weighted by Gasteiger charge is -2.14. The van der Waals surface area contributed by atoms with Gasteiger partial charge in [-0.1, -0.05) is 30.3 Å². The van der Waals surface area contributed by atoms with Crippen molar-refractivity contribution in [2.45, 2.75) is 6.54 Å². The Balaban J connectivity index is 1.61. The van der Waals surface area contributed by atoms with Crippen molar-refractivity contribution in [3.63, 3.8) is 0 Å². The predicted octanol–water partition coefficient (Wildman–Crippen LogP) is 4.96. The van der Waals surface area contributed by atoms with E-state index in [2.05, 4.69) is 37.6 Å². The monoisotopic (exact) mass is 396 g/mol. The first kappa shape index (κ1) is 19.4. The maximum Gasteiger partial charge on any atom is 0.229 e. The minimum Gasteiger partial charge on any atom is -0.378 e. The van der Waals surface area contributed by atoms with E-state index >= 15 is 0 Å². The van der Waals surface area contributed by atoms with E-state index in [1.54, 1.807) is 12.4 Å². The standard InChI is InChI=1S/C24H24N6/c1-30(2)21-10-8-20(9-11-21)27-24-28-22(19-6-4-3-5-7-19)16-23(29-24)26-17-18-12-14-25-15-13-18/h3-16H,17H2,1-2H3,(H2,26,27,28,29). The van der Waals surface area contributed by atoms with E-state index in [1.807, 2.05) is 74.8 Å². The van der Waals surface area contributed by atoms with Crippen LogP contribution in [-0.4, -0.2) is 29.0 Å². The number of benzene rings is 2. The van der Waals surface area contributed by atoms with Crippen LogP contribution in [0.3, 0.4) is 0 Å². The summed E-state index contributed by atoms with van der Waals surface area (Å²) >= 11 is 0. The van der Waals surface area contributed by atoms with Crippen molar-refractivity contribution in [3.05, 3.63) is 90.8 Å². The van der Waals surface area contributed by atoms with Gasteiger partial charge in [-0.15, -0.1) is 0 Å². The van der Waals surface area contributed by atoms with Crippen molar-refractivity contribution < 1.29 is 0 Å². The van der Waals surface area contributed by atoms with Crippen LogP contribution in [0.1, 0.15) is 5.56 Å². The molecule has 6 heteroatoms. The summed E-state index contributed by atoms with van der Waals surface area (Å²) in [5.41, 5.74) is 5.11. The molecule has 4 aromatic rings. The van der Waals surface area contributed by atoms with Crippen LogP contribution in [0, 0.1) is 0 Å². The van der Waals surface area contributed by atoms with Gasteiger partial charge >= 0.3 is 0 Å². The lowest BCUT2D eigenvalue weighted by molar-refractivity contribution is 1.08. The molecule has 0 saturated carbocycles. The second-order valence-electron chi connectivity index (χ2n) is 7.10. The van der Waals surface area contributed by atoms with E-state index < -0.39 is 0 Å². The average molecular weight is 396 g/mol. The molecule has 30 heavy (non-hydrogen) atoms. The van der Waals surface area contributed by atoms with Crippen LogP contribution in [0.2, 0.25) is 0 Å². The van der Waals surface area contributed by atoms with Gasteiger partial charge in [0.1, 0.15) is 5.82 Å². The van der Waals surface area contributed by atoms with Gasteiger partial charge in [0.25, 0.3) is 0 Å². The lowest BCUT2D eigenvalue weighted by Crippen LogP contribution is -2.08. The van der Waals surface area contributed by atoms with Gasteiger partial charge < -0.3 is 15.5 Å². The number of anilines is 4. The minimum atomic E-state index is 0.547. The number of hydrogen-bond acceptors (Lipinski definition) is 6. The fraction of sp³-hybridized carbons (Fsp3) is 0.125. The molecule has 0 spiro atoms. The Bertz CT molecular complexity index is 1080. The molecule has 0 radical (unpaired) electrons. The van der Waals surface area contributed by atoms with Gasteiger partial charge in [0.05, 0.1) is 5.69 Å². The van der Waals surface area contributed by atoms with Crippen LogP contribution in [0.5, 0.6) is 0 Å². The molecular formula is C24H24N6. The van der Waals surface area contributed by atoms with Crippen molar-refractivity contribution in [2.75, 3.05) is 29.6 Å². The molecule has 4 rings (SSSR count). The smallest absolute Gasteiger partial charge is 0.229 e. The number of rotatable bonds is 7. The van der Waals surface area contributed by atoms with Gasteiger partial charge in [0, 0.05) is 56.0 Å². The summed E-state index contributed by atoms with van der Waals surface area (Å²) in [6.45, 7) is 0.657. The number of pyridine rings is 1. The maximum absolute atomic E-state index is 4.73. The zero-order chi connectivity index (χ0) is 20.8. The van der Waals surface area contributed by atoms with Crippen LogP contribution in [0.15, 0.2) is 85.2 Å². The van der Waals surface area contributed by atoms with Crippen LogP contribution < -0.4 is 15.5 Å². The van der Waals surface area contributed by atoms with Crippen LogP contribution in [-0.2, 0) is 6.54 Å². The van der Waals surface area contributed by atoms with Crippen molar-refractivity contribution in [3.8, 4) is 11.3 Å². The molecular weight excluding hydrogens is 372 g/mol. The lowest BCUT2D eigenvalue weighted by atomic mass is 10.1. The highest BCUT2D eigenvalue weighted by Crippen LogP contribution is 2.24. The third-order valence-corrected chi connectivity index (χ3v) is 4.66. The molecule has 150 valence electrons.